The van der Waals surface area contributed by atoms with E-state index in [-0.39, 0.29) is 30.5 Å². The number of carbonyl (C=O) groups excluding carboxylic acids is 1. The van der Waals surface area contributed by atoms with Crippen LogP contribution in [0, 0.1) is 12.7 Å². The molecule has 0 bridgehead atoms. The predicted octanol–water partition coefficient (Wildman–Crippen LogP) is 4.19. The minimum absolute atomic E-state index is 0.0533. The maximum absolute atomic E-state index is 13.6. The molecule has 1 unspecified atom stereocenters. The maximum atomic E-state index is 13.6. The third-order valence-corrected chi connectivity index (χ3v) is 5.68. The Morgan fingerprint density at radius 3 is 2.74 bits per heavy atom. The van der Waals surface area contributed by atoms with Crippen molar-refractivity contribution in [2.24, 2.45) is 0 Å². The smallest absolute Gasteiger partial charge is 0.353 e. The van der Waals surface area contributed by atoms with Crippen LogP contribution in [-0.4, -0.2) is 38.0 Å². The lowest BCUT2D eigenvalue weighted by Crippen LogP contribution is -2.43. The lowest BCUT2D eigenvalue weighted by Gasteiger charge is -2.36. The van der Waals surface area contributed by atoms with Crippen LogP contribution in [0.5, 0.6) is 0 Å². The molecule has 1 amide bonds. The van der Waals surface area contributed by atoms with E-state index >= 15 is 0 Å². The van der Waals surface area contributed by atoms with Gasteiger partial charge in [-0.3, -0.25) is 9.36 Å². The molecule has 3 aromatic rings. The number of rotatable bonds is 6. The molecule has 1 aromatic carbocycles. The zero-order valence-corrected chi connectivity index (χ0v) is 18.5. The van der Waals surface area contributed by atoms with Crippen molar-refractivity contribution in [2.45, 2.75) is 51.4 Å². The van der Waals surface area contributed by atoms with Crippen molar-refractivity contribution in [1.29, 1.82) is 0 Å². The number of aryl methyl sites for hydroxylation is 1. The molecule has 1 saturated heterocycles. The standard InChI is InChI=1S/C23H24F4N6O/c1-15-8-20(31-22(30-15)32-7-5-28-14-32)33-6-3-2-4-19(33)12-21(34)29-13-16-9-17(23(25,26)27)11-18(24)10-16/h5,7-11,14,19H,2-4,6,12-13H2,1H3,(H,29,34). The van der Waals surface area contributed by atoms with E-state index in [1.54, 1.807) is 23.3 Å². The summed E-state index contributed by atoms with van der Waals surface area (Å²) in [6, 6.07) is 4.01. The minimum atomic E-state index is -4.66. The molecular weight excluding hydrogens is 452 g/mol. The first-order valence-electron chi connectivity index (χ1n) is 10.9. The molecule has 180 valence electrons. The first kappa shape index (κ1) is 23.7. The van der Waals surface area contributed by atoms with Crippen LogP contribution in [0.15, 0.2) is 43.0 Å². The van der Waals surface area contributed by atoms with Crippen molar-refractivity contribution < 1.29 is 22.4 Å². The highest BCUT2D eigenvalue weighted by molar-refractivity contribution is 5.77. The zero-order chi connectivity index (χ0) is 24.3. The average Bonchev–Trinajstić information content (AvgIpc) is 3.32. The Labute approximate surface area is 193 Å². The molecule has 3 heterocycles. The summed E-state index contributed by atoms with van der Waals surface area (Å²) in [7, 11) is 0. The normalized spacial score (nSPS) is 16.5. The van der Waals surface area contributed by atoms with E-state index in [0.29, 0.717) is 17.8 Å². The molecule has 0 radical (unpaired) electrons. The Morgan fingerprint density at radius 2 is 2.00 bits per heavy atom. The number of aromatic nitrogens is 4. The van der Waals surface area contributed by atoms with Crippen molar-refractivity contribution in [3.63, 3.8) is 0 Å². The van der Waals surface area contributed by atoms with Gasteiger partial charge in [0.05, 0.1) is 5.56 Å². The Hall–Kier alpha value is -3.50. The molecule has 11 heteroatoms. The van der Waals surface area contributed by atoms with Gasteiger partial charge in [0.2, 0.25) is 11.9 Å². The second-order valence-electron chi connectivity index (χ2n) is 8.31. The molecule has 1 aliphatic rings. The number of nitrogens with one attached hydrogen (secondary N) is 1. The van der Waals surface area contributed by atoms with E-state index in [1.165, 1.54) is 0 Å². The monoisotopic (exact) mass is 476 g/mol. The number of hydrogen-bond acceptors (Lipinski definition) is 5. The highest BCUT2D eigenvalue weighted by Crippen LogP contribution is 2.30. The van der Waals surface area contributed by atoms with Gasteiger partial charge in [-0.05, 0) is 49.9 Å². The number of halogens is 4. The van der Waals surface area contributed by atoms with Crippen LogP contribution in [-0.2, 0) is 17.5 Å². The summed E-state index contributed by atoms with van der Waals surface area (Å²) >= 11 is 0. The molecule has 4 rings (SSSR count). The van der Waals surface area contributed by atoms with Crippen molar-refractivity contribution in [3.8, 4) is 5.95 Å². The van der Waals surface area contributed by atoms with Gasteiger partial charge < -0.3 is 10.2 Å². The molecule has 0 saturated carbocycles. The van der Waals surface area contributed by atoms with E-state index in [0.717, 1.165) is 43.6 Å². The van der Waals surface area contributed by atoms with Gasteiger partial charge in [0.25, 0.3) is 0 Å². The summed E-state index contributed by atoms with van der Waals surface area (Å²) < 4.78 is 54.1. The van der Waals surface area contributed by atoms with E-state index in [1.807, 2.05) is 13.0 Å². The second-order valence-corrected chi connectivity index (χ2v) is 8.31. The van der Waals surface area contributed by atoms with Crippen LogP contribution in [0.25, 0.3) is 5.95 Å². The molecule has 1 fully saturated rings. The summed E-state index contributed by atoms with van der Waals surface area (Å²) in [5, 5.41) is 2.62. The Morgan fingerprint density at radius 1 is 1.18 bits per heavy atom. The highest BCUT2D eigenvalue weighted by Gasteiger charge is 2.31. The number of hydrogen-bond donors (Lipinski definition) is 1. The molecule has 1 N–H and O–H groups in total. The fourth-order valence-corrected chi connectivity index (χ4v) is 4.09. The molecule has 34 heavy (non-hydrogen) atoms. The van der Waals surface area contributed by atoms with Crippen LogP contribution < -0.4 is 10.2 Å². The number of carbonyl (C=O) groups is 1. The summed E-state index contributed by atoms with van der Waals surface area (Å²) in [5.41, 5.74) is -0.255. The second kappa shape index (κ2) is 9.78. The van der Waals surface area contributed by atoms with Crippen LogP contribution >= 0.6 is 0 Å². The lowest BCUT2D eigenvalue weighted by atomic mass is 9.98. The molecule has 0 spiro atoms. The third-order valence-electron chi connectivity index (χ3n) is 5.68. The summed E-state index contributed by atoms with van der Waals surface area (Å²) in [4.78, 5) is 27.8. The highest BCUT2D eigenvalue weighted by atomic mass is 19.4. The minimum Gasteiger partial charge on any atom is -0.353 e. The predicted molar refractivity (Wildman–Crippen MR) is 117 cm³/mol. The maximum Gasteiger partial charge on any atom is 0.416 e. The first-order valence-corrected chi connectivity index (χ1v) is 10.9. The largest absolute Gasteiger partial charge is 0.416 e. The molecule has 2 aromatic heterocycles. The fourth-order valence-electron chi connectivity index (χ4n) is 4.09. The molecule has 1 atom stereocenters. The SMILES string of the molecule is Cc1cc(N2CCCCC2CC(=O)NCc2cc(F)cc(C(F)(F)F)c2)nc(-n2ccnc2)n1. The van der Waals surface area contributed by atoms with E-state index < -0.39 is 17.6 Å². The number of benzene rings is 1. The van der Waals surface area contributed by atoms with Crippen LogP contribution in [0.4, 0.5) is 23.4 Å². The first-order chi connectivity index (χ1) is 16.2. The average molecular weight is 476 g/mol. The molecule has 7 nitrogen and oxygen atoms in total. The Balaban J connectivity index is 1.45. The molecule has 1 aliphatic heterocycles. The summed E-state index contributed by atoms with van der Waals surface area (Å²) in [6.07, 6.45) is 3.15. The van der Waals surface area contributed by atoms with Gasteiger partial charge in [0, 0.05) is 49.7 Å². The van der Waals surface area contributed by atoms with Gasteiger partial charge in [0.15, 0.2) is 0 Å². The number of imidazole rings is 1. The summed E-state index contributed by atoms with van der Waals surface area (Å²) in [6.45, 7) is 2.39. The number of alkyl halides is 3. The van der Waals surface area contributed by atoms with Gasteiger partial charge in [-0.1, -0.05) is 0 Å². The number of anilines is 1. The zero-order valence-electron chi connectivity index (χ0n) is 18.5. The quantitative estimate of drug-likeness (QED) is 0.540. The third kappa shape index (κ3) is 5.70. The van der Waals surface area contributed by atoms with Crippen molar-refractivity contribution in [2.75, 3.05) is 11.4 Å². The van der Waals surface area contributed by atoms with Crippen LogP contribution in [0.2, 0.25) is 0 Å². The fraction of sp³-hybridized carbons (Fsp3) is 0.391. The van der Waals surface area contributed by atoms with Crippen LogP contribution in [0.1, 0.15) is 42.5 Å². The number of piperidine rings is 1. The Kier molecular flexibility index (Phi) is 6.80. The van der Waals surface area contributed by atoms with Crippen molar-refractivity contribution >= 4 is 11.7 Å². The summed E-state index contributed by atoms with van der Waals surface area (Å²) in [5.74, 6) is -0.137. The van der Waals surface area contributed by atoms with Gasteiger partial charge in [-0.2, -0.15) is 18.2 Å². The number of amides is 1. The van der Waals surface area contributed by atoms with Gasteiger partial charge in [-0.25, -0.2) is 14.4 Å². The van der Waals surface area contributed by atoms with E-state index in [9.17, 15) is 22.4 Å². The number of nitrogens with zero attached hydrogens (tertiary/aromatic N) is 5. The van der Waals surface area contributed by atoms with Gasteiger partial charge in [-0.15, -0.1) is 0 Å². The Bertz CT molecular complexity index is 1150. The van der Waals surface area contributed by atoms with Crippen molar-refractivity contribution in [3.05, 3.63) is 65.6 Å². The topological polar surface area (TPSA) is 75.9 Å². The molecular formula is C23H24F4N6O. The van der Waals surface area contributed by atoms with E-state index in [4.69, 9.17) is 0 Å². The van der Waals surface area contributed by atoms with Crippen LogP contribution in [0.3, 0.4) is 0 Å². The van der Waals surface area contributed by atoms with Crippen molar-refractivity contribution in [1.82, 2.24) is 24.8 Å². The van der Waals surface area contributed by atoms with E-state index in [2.05, 4.69) is 25.2 Å². The lowest BCUT2D eigenvalue weighted by molar-refractivity contribution is -0.137. The van der Waals surface area contributed by atoms with Gasteiger partial charge in [0.1, 0.15) is 18.0 Å². The molecule has 0 aliphatic carbocycles. The van der Waals surface area contributed by atoms with Gasteiger partial charge >= 0.3 is 6.18 Å².